The Morgan fingerprint density at radius 3 is 1.01 bits per heavy atom. The lowest BCUT2D eigenvalue weighted by Crippen LogP contribution is -2.75. The van der Waals surface area contributed by atoms with Gasteiger partial charge in [-0.3, -0.25) is 4.79 Å². The lowest BCUT2D eigenvalue weighted by molar-refractivity contribution is -0.683. The molecule has 1 aromatic heterocycles. The fraction of sp³-hybridized carbons (Fsp3) is 0.280. The Balaban J connectivity index is 0.000000370. The van der Waals surface area contributed by atoms with Gasteiger partial charge < -0.3 is 4.74 Å². The number of esters is 1. The van der Waals surface area contributed by atoms with Gasteiger partial charge in [-0.15, -0.1) is 0 Å². The number of halogens is 24. The number of rotatable bonds is 9. The molecule has 0 saturated heterocycles. The highest BCUT2D eigenvalue weighted by Gasteiger charge is 2.47. The summed E-state index contributed by atoms with van der Waals surface area (Å²) in [6, 6.07) is 0.269. The van der Waals surface area contributed by atoms with Gasteiger partial charge in [0.1, 0.15) is 12.2 Å². The highest BCUT2D eigenvalue weighted by Crippen LogP contribution is 2.41. The Morgan fingerprint density at radius 1 is 0.450 bits per heavy atom. The molecule has 1 aliphatic carbocycles. The maximum Gasteiger partial charge on any atom is 0.416 e. The normalized spacial score (nSPS) is 14.4. The van der Waals surface area contributed by atoms with Gasteiger partial charge in [-0.25, -0.2) is 9.78 Å². The van der Waals surface area contributed by atoms with Gasteiger partial charge >= 0.3 is 55.4 Å². The van der Waals surface area contributed by atoms with Crippen LogP contribution in [0.5, 0.6) is 0 Å². The van der Waals surface area contributed by atoms with Gasteiger partial charge in [0, 0.05) is 5.56 Å². The standard InChI is InChI=1S/C32H12BF24.C18H19N2O3/c34-25(35,36)13-1-14(26(37,38)39)6-21(5-13)33(22-7-15(27(40,41)42)2-16(8-22)28(43,44)45,23-9-17(29(46,47)48)3-18(10-23)30(49,50)51)24-11-19(31(52,53)54)4-20(12-24)32(55,56)57;21-17(14-6-2-1-3-7-14)13-20-11-10-19-16(12-20)18(22)23-15-8-4-5-9-15/h1-12H;1-3,6-7,10-12,15H,4-5,8-9,13H2/q-1;+1. The van der Waals surface area contributed by atoms with E-state index >= 15 is 0 Å². The van der Waals surface area contributed by atoms with Crippen LogP contribution >= 0.6 is 0 Å². The molecule has 1 aliphatic rings. The second-order valence-corrected chi connectivity index (χ2v) is 17.9. The van der Waals surface area contributed by atoms with Crippen LogP contribution in [0.4, 0.5) is 105 Å². The van der Waals surface area contributed by atoms with Crippen molar-refractivity contribution >= 4 is 39.7 Å². The van der Waals surface area contributed by atoms with E-state index in [1.807, 2.05) is 18.2 Å². The highest BCUT2D eigenvalue weighted by atomic mass is 19.4. The average Bonchev–Trinajstić information content (AvgIpc) is 3.85. The largest absolute Gasteiger partial charge is 0.457 e. The number of hydrogen-bond donors (Lipinski definition) is 0. The van der Waals surface area contributed by atoms with Gasteiger partial charge in [0.05, 0.1) is 50.7 Å². The van der Waals surface area contributed by atoms with Crippen molar-refractivity contribution in [2.24, 2.45) is 0 Å². The average molecular weight is 1170 g/mol. The molecule has 5 nitrogen and oxygen atoms in total. The van der Waals surface area contributed by atoms with Gasteiger partial charge in [-0.05, 0) is 49.9 Å². The lowest BCUT2D eigenvalue weighted by Gasteiger charge is -2.46. The molecule has 80 heavy (non-hydrogen) atoms. The number of ketones is 1. The third kappa shape index (κ3) is 14.5. The van der Waals surface area contributed by atoms with Gasteiger partial charge in [-0.1, -0.05) is 78.9 Å². The lowest BCUT2D eigenvalue weighted by atomic mass is 9.12. The third-order valence-corrected chi connectivity index (χ3v) is 12.4. The number of benzene rings is 5. The van der Waals surface area contributed by atoms with Gasteiger partial charge in [0.2, 0.25) is 24.2 Å². The van der Waals surface area contributed by atoms with Crippen molar-refractivity contribution in [2.45, 2.75) is 87.7 Å². The SMILES string of the molecule is FC(F)(F)c1cc([B-](c2cc(C(F)(F)F)cc(C(F)(F)F)c2)(c2cc(C(F)(F)F)cc(C(F)(F)F)c2)c2cc(C(F)(F)F)cc(C(F)(F)F)c2)cc(C(F)(F)F)c1.O=C(C[n+]1ccnc(C(=O)OC2CCCC2)c1)c1ccccc1. The van der Waals surface area contributed by atoms with Gasteiger partial charge in [-0.2, -0.15) is 132 Å². The molecule has 0 aliphatic heterocycles. The molecule has 5 aromatic carbocycles. The van der Waals surface area contributed by atoms with E-state index in [-0.39, 0.29) is 24.1 Å². The molecule has 0 N–H and O–H groups in total. The zero-order valence-electron chi connectivity index (χ0n) is 39.4. The molecule has 0 spiro atoms. The molecule has 0 bridgehead atoms. The van der Waals surface area contributed by atoms with E-state index in [0.717, 1.165) is 25.7 Å². The molecule has 7 rings (SSSR count). The Labute approximate surface area is 433 Å². The minimum atomic E-state index is -6.13. The first-order chi connectivity index (χ1) is 36.5. The number of ether oxygens (including phenoxy) is 1. The predicted molar refractivity (Wildman–Crippen MR) is 233 cm³/mol. The Morgan fingerprint density at radius 2 is 0.738 bits per heavy atom. The zero-order valence-corrected chi connectivity index (χ0v) is 39.4. The van der Waals surface area contributed by atoms with E-state index in [0.29, 0.717) is 5.56 Å². The van der Waals surface area contributed by atoms with Crippen LogP contribution in [0.25, 0.3) is 0 Å². The number of Topliss-reactive ketones (excluding diaryl/α,β-unsaturated/α-hetero) is 1. The molecule has 1 heterocycles. The number of nitrogens with zero attached hydrogens (tertiary/aromatic N) is 2. The predicted octanol–water partition coefficient (Wildman–Crippen LogP) is 13.6. The highest BCUT2D eigenvalue weighted by molar-refractivity contribution is 7.20. The second-order valence-electron chi connectivity index (χ2n) is 17.9. The quantitative estimate of drug-likeness (QED) is 0.0476. The van der Waals surface area contributed by atoms with Crippen molar-refractivity contribution in [1.29, 1.82) is 0 Å². The van der Waals surface area contributed by atoms with E-state index < -0.39 is 201 Å². The van der Waals surface area contributed by atoms with Gasteiger partial charge in [0.15, 0.2) is 6.20 Å². The third-order valence-electron chi connectivity index (χ3n) is 12.4. The van der Waals surface area contributed by atoms with Crippen LogP contribution in [-0.2, 0) is 60.7 Å². The van der Waals surface area contributed by atoms with Crippen molar-refractivity contribution in [3.8, 4) is 0 Å². The molecule has 0 amide bonds. The fourth-order valence-corrected chi connectivity index (χ4v) is 8.81. The van der Waals surface area contributed by atoms with Crippen LogP contribution in [0, 0.1) is 0 Å². The monoisotopic (exact) mass is 1170 g/mol. The van der Waals surface area contributed by atoms with Crippen LogP contribution in [0.3, 0.4) is 0 Å². The summed E-state index contributed by atoms with van der Waals surface area (Å²) in [5, 5.41) is 0. The molecule has 1 fully saturated rings. The summed E-state index contributed by atoms with van der Waals surface area (Å²) in [4.78, 5) is 28.4. The van der Waals surface area contributed by atoms with Crippen molar-refractivity contribution in [3.05, 3.63) is 177 Å². The van der Waals surface area contributed by atoms with E-state index in [2.05, 4.69) is 4.98 Å². The zero-order chi connectivity index (χ0) is 60.0. The number of carbonyl (C=O) groups excluding carboxylic acids is 2. The fourth-order valence-electron chi connectivity index (χ4n) is 8.81. The first-order valence-corrected chi connectivity index (χ1v) is 22.5. The summed E-state index contributed by atoms with van der Waals surface area (Å²) in [6.07, 6.45) is -46.0. The molecule has 0 radical (unpaired) electrons. The van der Waals surface area contributed by atoms with Crippen molar-refractivity contribution in [3.63, 3.8) is 0 Å². The topological polar surface area (TPSA) is 60.1 Å². The molecule has 0 unspecified atom stereocenters. The minimum Gasteiger partial charge on any atom is -0.457 e. The maximum atomic E-state index is 14.2. The summed E-state index contributed by atoms with van der Waals surface area (Å²) < 4.78 is 348. The van der Waals surface area contributed by atoms with Crippen LogP contribution in [0.2, 0.25) is 0 Å². The Kier molecular flexibility index (Phi) is 17.0. The van der Waals surface area contributed by atoms with Gasteiger partial charge in [0.25, 0.3) is 0 Å². The number of alkyl halides is 24. The molecule has 0 atom stereocenters. The number of hydrogen-bond acceptors (Lipinski definition) is 4. The minimum absolute atomic E-state index is 0.00362. The van der Waals surface area contributed by atoms with Crippen LogP contribution in [0.15, 0.2) is 122 Å². The smallest absolute Gasteiger partial charge is 0.416 e. The summed E-state index contributed by atoms with van der Waals surface area (Å²) in [5.74, 6) is -0.435. The molecule has 430 valence electrons. The van der Waals surface area contributed by atoms with E-state index in [1.54, 1.807) is 29.1 Å². The van der Waals surface area contributed by atoms with E-state index in [9.17, 15) is 115 Å². The van der Waals surface area contributed by atoms with E-state index in [1.165, 1.54) is 6.20 Å². The summed E-state index contributed by atoms with van der Waals surface area (Å²) in [6.45, 7) is 0.163. The summed E-state index contributed by atoms with van der Waals surface area (Å²) in [5.41, 5.74) is -29.3. The summed E-state index contributed by atoms with van der Waals surface area (Å²) >= 11 is 0. The van der Waals surface area contributed by atoms with Crippen molar-refractivity contribution in [2.75, 3.05) is 0 Å². The summed E-state index contributed by atoms with van der Waals surface area (Å²) in [7, 11) is 0. The second kappa shape index (κ2) is 22.0. The van der Waals surface area contributed by atoms with Crippen LogP contribution < -0.4 is 26.4 Å². The van der Waals surface area contributed by atoms with Crippen molar-refractivity contribution in [1.82, 2.24) is 4.98 Å². The molecule has 6 aromatic rings. The molecule has 1 saturated carbocycles. The first kappa shape index (κ1) is 61.9. The van der Waals surface area contributed by atoms with Crippen LogP contribution in [-0.4, -0.2) is 29.0 Å². The number of carbonyl (C=O) groups is 2. The first-order valence-electron chi connectivity index (χ1n) is 22.5. The Bertz CT molecular complexity index is 2780. The van der Waals surface area contributed by atoms with Crippen molar-refractivity contribution < 1.29 is 124 Å². The van der Waals surface area contributed by atoms with Crippen LogP contribution in [0.1, 0.15) is 91.0 Å². The molecule has 30 heteroatoms. The molecular weight excluding hydrogens is 1140 g/mol. The molecular formula is C50H31BF24N2O3. The van der Waals surface area contributed by atoms with E-state index in [4.69, 9.17) is 4.74 Å². The maximum absolute atomic E-state index is 14.2. The Hall–Kier alpha value is -7.30. The number of aromatic nitrogens is 2.